The number of aromatic nitrogens is 2. The number of amides is 3. The molecule has 8 heteroatoms. The van der Waals surface area contributed by atoms with E-state index in [9.17, 15) is 14.4 Å². The van der Waals surface area contributed by atoms with Crippen molar-refractivity contribution in [2.75, 3.05) is 5.75 Å². The number of nitrogens with zero attached hydrogens (tertiary/aromatic N) is 2. The second-order valence-electron chi connectivity index (χ2n) is 6.65. The number of rotatable bonds is 7. The lowest BCUT2D eigenvalue weighted by atomic mass is 10.1. The van der Waals surface area contributed by atoms with Crippen molar-refractivity contribution in [1.82, 2.24) is 14.9 Å². The van der Waals surface area contributed by atoms with Crippen molar-refractivity contribution in [1.29, 1.82) is 0 Å². The molecule has 29 heavy (non-hydrogen) atoms. The van der Waals surface area contributed by atoms with Crippen LogP contribution < -0.4 is 16.6 Å². The van der Waals surface area contributed by atoms with Gasteiger partial charge in [-0.05, 0) is 31.0 Å². The molecule has 0 radical (unpaired) electrons. The molecule has 3 N–H and O–H groups in total. The summed E-state index contributed by atoms with van der Waals surface area (Å²) in [4.78, 5) is 40.0. The van der Waals surface area contributed by atoms with Crippen molar-refractivity contribution < 1.29 is 9.59 Å². The first-order valence-electron chi connectivity index (χ1n) is 9.21. The van der Waals surface area contributed by atoms with Gasteiger partial charge in [0.2, 0.25) is 5.91 Å². The number of fused-ring (bicyclic) bond motifs is 1. The molecule has 0 atom stereocenters. The van der Waals surface area contributed by atoms with Crippen LogP contribution in [0.5, 0.6) is 0 Å². The number of nitrogens with two attached hydrogens (primary N) is 1. The topological polar surface area (TPSA) is 107 Å². The SMILES string of the molecule is Cc1ccc(Cn2c(SCCCC(=O)NC(N)=O)nc3ccccc3c2=O)cc1. The number of para-hydroxylation sites is 1. The zero-order chi connectivity index (χ0) is 20.8. The fourth-order valence-electron chi connectivity index (χ4n) is 2.87. The van der Waals surface area contributed by atoms with Gasteiger partial charge in [-0.2, -0.15) is 0 Å². The predicted molar refractivity (Wildman–Crippen MR) is 114 cm³/mol. The molecule has 0 aliphatic heterocycles. The summed E-state index contributed by atoms with van der Waals surface area (Å²) in [6.07, 6.45) is 0.697. The summed E-state index contributed by atoms with van der Waals surface area (Å²) in [5.74, 6) is 0.159. The smallest absolute Gasteiger partial charge is 0.318 e. The van der Waals surface area contributed by atoms with Gasteiger partial charge in [0.25, 0.3) is 5.56 Å². The molecule has 2 aromatic carbocycles. The van der Waals surface area contributed by atoms with Crippen molar-refractivity contribution in [3.8, 4) is 0 Å². The van der Waals surface area contributed by atoms with E-state index in [0.717, 1.165) is 11.1 Å². The van der Waals surface area contributed by atoms with Crippen LogP contribution in [0.15, 0.2) is 58.5 Å². The molecule has 3 amide bonds. The van der Waals surface area contributed by atoms with Crippen LogP contribution in [0, 0.1) is 6.92 Å². The summed E-state index contributed by atoms with van der Waals surface area (Å²) >= 11 is 1.41. The number of hydrogen-bond donors (Lipinski definition) is 2. The Hall–Kier alpha value is -3.13. The van der Waals surface area contributed by atoms with Crippen molar-refractivity contribution in [2.24, 2.45) is 5.73 Å². The van der Waals surface area contributed by atoms with Gasteiger partial charge in [0.05, 0.1) is 17.4 Å². The number of hydrogen-bond acceptors (Lipinski definition) is 5. The van der Waals surface area contributed by atoms with E-state index < -0.39 is 11.9 Å². The highest BCUT2D eigenvalue weighted by molar-refractivity contribution is 7.99. The minimum Gasteiger partial charge on any atom is -0.351 e. The Morgan fingerprint density at radius 1 is 1.14 bits per heavy atom. The first-order chi connectivity index (χ1) is 13.9. The summed E-state index contributed by atoms with van der Waals surface area (Å²) in [5.41, 5.74) is 7.65. The second-order valence-corrected chi connectivity index (χ2v) is 7.71. The summed E-state index contributed by atoms with van der Waals surface area (Å²) in [6.45, 7) is 2.44. The number of primary amides is 1. The van der Waals surface area contributed by atoms with E-state index in [2.05, 4.69) is 4.98 Å². The van der Waals surface area contributed by atoms with Gasteiger partial charge in [-0.25, -0.2) is 9.78 Å². The zero-order valence-corrected chi connectivity index (χ0v) is 16.9. The minimum atomic E-state index is -0.856. The molecule has 0 aliphatic rings. The maximum absolute atomic E-state index is 13.1. The van der Waals surface area contributed by atoms with E-state index >= 15 is 0 Å². The van der Waals surface area contributed by atoms with Gasteiger partial charge in [-0.1, -0.05) is 53.7 Å². The molecule has 3 aromatic rings. The first kappa shape index (κ1) is 20.6. The minimum absolute atomic E-state index is 0.0925. The number of urea groups is 1. The second kappa shape index (κ2) is 9.38. The van der Waals surface area contributed by atoms with Crippen LogP contribution in [-0.4, -0.2) is 27.2 Å². The molecule has 150 valence electrons. The lowest BCUT2D eigenvalue weighted by Gasteiger charge is -2.13. The van der Waals surface area contributed by atoms with Crippen LogP contribution in [0.3, 0.4) is 0 Å². The van der Waals surface area contributed by atoms with Crippen molar-refractivity contribution in [3.63, 3.8) is 0 Å². The largest absolute Gasteiger partial charge is 0.351 e. The lowest BCUT2D eigenvalue weighted by molar-refractivity contribution is -0.119. The maximum Gasteiger partial charge on any atom is 0.318 e. The number of imide groups is 1. The monoisotopic (exact) mass is 410 g/mol. The Bertz CT molecular complexity index is 1090. The summed E-state index contributed by atoms with van der Waals surface area (Å²) < 4.78 is 1.67. The Balaban J connectivity index is 1.82. The highest BCUT2D eigenvalue weighted by Crippen LogP contribution is 2.20. The van der Waals surface area contributed by atoms with E-state index in [1.807, 2.05) is 54.7 Å². The normalized spacial score (nSPS) is 10.8. The predicted octanol–water partition coefficient (Wildman–Crippen LogP) is 2.82. The van der Waals surface area contributed by atoms with Gasteiger partial charge in [0.1, 0.15) is 0 Å². The van der Waals surface area contributed by atoms with E-state index in [-0.39, 0.29) is 12.0 Å². The van der Waals surface area contributed by atoms with Crippen LogP contribution in [-0.2, 0) is 11.3 Å². The Labute approximate surface area is 172 Å². The van der Waals surface area contributed by atoms with Crippen LogP contribution in [0.2, 0.25) is 0 Å². The fraction of sp³-hybridized carbons (Fsp3) is 0.238. The third kappa shape index (κ3) is 5.45. The highest BCUT2D eigenvalue weighted by Gasteiger charge is 2.12. The number of carbonyl (C=O) groups is 2. The van der Waals surface area contributed by atoms with Crippen LogP contribution in [0.4, 0.5) is 4.79 Å². The van der Waals surface area contributed by atoms with Crippen molar-refractivity contribution >= 4 is 34.6 Å². The Morgan fingerprint density at radius 2 is 1.86 bits per heavy atom. The fourth-order valence-corrected chi connectivity index (χ4v) is 3.81. The summed E-state index contributed by atoms with van der Waals surface area (Å²) in [6, 6.07) is 14.4. The molecule has 7 nitrogen and oxygen atoms in total. The number of nitrogens with one attached hydrogen (secondary N) is 1. The number of benzene rings is 2. The lowest BCUT2D eigenvalue weighted by Crippen LogP contribution is -2.34. The average molecular weight is 410 g/mol. The molecule has 0 saturated carbocycles. The Morgan fingerprint density at radius 3 is 2.59 bits per heavy atom. The van der Waals surface area contributed by atoms with Gasteiger partial charge in [-0.3, -0.25) is 19.5 Å². The Kier molecular flexibility index (Phi) is 6.66. The van der Waals surface area contributed by atoms with Crippen molar-refractivity contribution in [3.05, 3.63) is 70.0 Å². The molecular weight excluding hydrogens is 388 g/mol. The average Bonchev–Trinajstić information content (AvgIpc) is 2.69. The molecule has 1 heterocycles. The van der Waals surface area contributed by atoms with Gasteiger partial charge in [0, 0.05) is 12.2 Å². The van der Waals surface area contributed by atoms with Crippen LogP contribution in [0.1, 0.15) is 24.0 Å². The van der Waals surface area contributed by atoms with Gasteiger partial charge in [0.15, 0.2) is 5.16 Å². The highest BCUT2D eigenvalue weighted by atomic mass is 32.2. The van der Waals surface area contributed by atoms with Gasteiger partial charge in [-0.15, -0.1) is 0 Å². The maximum atomic E-state index is 13.1. The summed E-state index contributed by atoms with van der Waals surface area (Å²) in [5, 5.41) is 3.22. The van der Waals surface area contributed by atoms with Crippen LogP contribution >= 0.6 is 11.8 Å². The molecule has 0 unspecified atom stereocenters. The van der Waals surface area contributed by atoms with Gasteiger partial charge < -0.3 is 5.73 Å². The molecule has 3 rings (SSSR count). The number of thioether (sulfide) groups is 1. The molecule has 0 fully saturated rings. The van der Waals surface area contributed by atoms with E-state index in [0.29, 0.717) is 34.8 Å². The molecule has 1 aromatic heterocycles. The molecular formula is C21H22N4O3S. The quantitative estimate of drug-likeness (QED) is 0.354. The first-order valence-corrected chi connectivity index (χ1v) is 10.2. The number of aryl methyl sites for hydroxylation is 1. The molecule has 0 bridgehead atoms. The van der Waals surface area contributed by atoms with E-state index in [1.165, 1.54) is 11.8 Å². The molecule has 0 saturated heterocycles. The number of carbonyl (C=O) groups excluding carboxylic acids is 2. The molecule has 0 aliphatic carbocycles. The van der Waals surface area contributed by atoms with Crippen molar-refractivity contribution in [2.45, 2.75) is 31.5 Å². The third-order valence-electron chi connectivity index (χ3n) is 4.33. The third-order valence-corrected chi connectivity index (χ3v) is 5.39. The van der Waals surface area contributed by atoms with Gasteiger partial charge >= 0.3 is 6.03 Å². The van der Waals surface area contributed by atoms with Crippen LogP contribution in [0.25, 0.3) is 10.9 Å². The zero-order valence-electron chi connectivity index (χ0n) is 16.1. The van der Waals surface area contributed by atoms with E-state index in [1.54, 1.807) is 10.6 Å². The molecule has 0 spiro atoms. The summed E-state index contributed by atoms with van der Waals surface area (Å²) in [7, 11) is 0. The standard InChI is InChI=1S/C21H22N4O3S/c1-14-8-10-15(11-9-14)13-25-19(27)16-5-2-3-6-17(16)23-21(25)29-12-4-7-18(26)24-20(22)28/h2-3,5-6,8-11H,4,7,12-13H2,1H3,(H3,22,24,26,28). The van der Waals surface area contributed by atoms with E-state index in [4.69, 9.17) is 5.73 Å².